The van der Waals surface area contributed by atoms with Gasteiger partial charge in [-0.3, -0.25) is 9.59 Å². The van der Waals surface area contributed by atoms with Crippen molar-refractivity contribution in [2.75, 3.05) is 18.6 Å². The molecule has 5 heteroatoms. The molecule has 0 radical (unpaired) electrons. The summed E-state index contributed by atoms with van der Waals surface area (Å²) in [5, 5.41) is 11.4. The molecule has 0 aliphatic carbocycles. The van der Waals surface area contributed by atoms with E-state index < -0.39 is 5.92 Å². The highest BCUT2D eigenvalue weighted by Crippen LogP contribution is 2.33. The summed E-state index contributed by atoms with van der Waals surface area (Å²) >= 11 is 0. The Morgan fingerprint density at radius 2 is 2.14 bits per heavy atom. The molecule has 108 valence electrons. The van der Waals surface area contributed by atoms with Gasteiger partial charge >= 0.3 is 5.97 Å². The fourth-order valence-corrected chi connectivity index (χ4v) is 2.74. The number of carbonyl (C=O) groups is 2. The van der Waals surface area contributed by atoms with Crippen molar-refractivity contribution in [2.45, 2.75) is 6.42 Å². The number of rotatable bonds is 2. The van der Waals surface area contributed by atoms with Crippen LogP contribution in [-0.2, 0) is 14.3 Å². The molecule has 5 nitrogen and oxygen atoms in total. The zero-order valence-corrected chi connectivity index (χ0v) is 11.6. The molecule has 2 aromatic rings. The molecule has 1 N–H and O–H groups in total. The molecule has 1 unspecified atom stereocenters. The van der Waals surface area contributed by atoms with Crippen LogP contribution in [0.15, 0.2) is 36.4 Å². The van der Waals surface area contributed by atoms with Gasteiger partial charge in [0.1, 0.15) is 5.75 Å². The number of hydrogen-bond donors (Lipinski definition) is 1. The lowest BCUT2D eigenvalue weighted by Crippen LogP contribution is -2.26. The van der Waals surface area contributed by atoms with Crippen molar-refractivity contribution < 1.29 is 19.4 Å². The van der Waals surface area contributed by atoms with Crippen LogP contribution in [0.5, 0.6) is 5.75 Å². The Morgan fingerprint density at radius 1 is 1.33 bits per heavy atom. The molecule has 21 heavy (non-hydrogen) atoms. The smallest absolute Gasteiger partial charge is 0.311 e. The zero-order valence-electron chi connectivity index (χ0n) is 11.6. The number of aromatic hydroxyl groups is 1. The van der Waals surface area contributed by atoms with Crippen molar-refractivity contribution in [3.8, 4) is 5.75 Å². The lowest BCUT2D eigenvalue weighted by molar-refractivity contribution is -0.145. The third-order valence-corrected chi connectivity index (χ3v) is 3.79. The molecule has 1 heterocycles. The minimum Gasteiger partial charge on any atom is -0.508 e. The number of nitrogens with zero attached hydrogens (tertiary/aromatic N) is 1. The van der Waals surface area contributed by atoms with E-state index in [-0.39, 0.29) is 24.0 Å². The van der Waals surface area contributed by atoms with Gasteiger partial charge in [-0.1, -0.05) is 18.2 Å². The molecule has 0 saturated carbocycles. The van der Waals surface area contributed by atoms with E-state index in [1.54, 1.807) is 23.1 Å². The average Bonchev–Trinajstić information content (AvgIpc) is 2.87. The molecule has 1 aliphatic rings. The average molecular weight is 285 g/mol. The number of esters is 1. The van der Waals surface area contributed by atoms with Crippen LogP contribution in [-0.4, -0.2) is 30.6 Å². The number of fused-ring (bicyclic) bond motifs is 1. The van der Waals surface area contributed by atoms with Crippen molar-refractivity contribution in [3.63, 3.8) is 0 Å². The zero-order chi connectivity index (χ0) is 15.0. The molecule has 1 atom stereocenters. The van der Waals surface area contributed by atoms with E-state index >= 15 is 0 Å². The van der Waals surface area contributed by atoms with Gasteiger partial charge in [0.05, 0.1) is 18.7 Å². The molecule has 1 fully saturated rings. The number of methoxy groups -OCH3 is 1. The van der Waals surface area contributed by atoms with Gasteiger partial charge in [0.2, 0.25) is 5.91 Å². The van der Waals surface area contributed by atoms with E-state index in [2.05, 4.69) is 0 Å². The Morgan fingerprint density at radius 3 is 2.90 bits per heavy atom. The highest BCUT2D eigenvalue weighted by Gasteiger charge is 2.36. The monoisotopic (exact) mass is 285 g/mol. The highest BCUT2D eigenvalue weighted by molar-refractivity contribution is 6.06. The maximum absolute atomic E-state index is 12.2. The predicted octanol–water partition coefficient (Wildman–Crippen LogP) is 2.07. The van der Waals surface area contributed by atoms with Crippen LogP contribution in [0.25, 0.3) is 10.8 Å². The third kappa shape index (κ3) is 2.31. The van der Waals surface area contributed by atoms with Gasteiger partial charge in [-0.2, -0.15) is 0 Å². The van der Waals surface area contributed by atoms with E-state index in [4.69, 9.17) is 4.74 Å². The normalized spacial score (nSPS) is 18.2. The standard InChI is InChI=1S/C16H15NO4/c1-21-16(20)11-7-15(19)17(9-11)14-4-2-3-10-5-6-12(18)8-13(10)14/h2-6,8,11,18H,7,9H2,1H3. The Bertz CT molecular complexity index is 725. The summed E-state index contributed by atoms with van der Waals surface area (Å²) in [4.78, 5) is 25.4. The Hall–Kier alpha value is -2.56. The highest BCUT2D eigenvalue weighted by atomic mass is 16.5. The molecule has 1 saturated heterocycles. The first-order valence-electron chi connectivity index (χ1n) is 6.70. The van der Waals surface area contributed by atoms with Crippen molar-refractivity contribution in [1.29, 1.82) is 0 Å². The quantitative estimate of drug-likeness (QED) is 0.858. The molecule has 0 bridgehead atoms. The first kappa shape index (κ1) is 13.4. The number of amides is 1. The van der Waals surface area contributed by atoms with E-state index in [9.17, 15) is 14.7 Å². The number of phenols is 1. The number of anilines is 1. The van der Waals surface area contributed by atoms with E-state index in [1.807, 2.05) is 18.2 Å². The minimum absolute atomic E-state index is 0.110. The summed E-state index contributed by atoms with van der Waals surface area (Å²) in [6.07, 6.45) is 0.155. The van der Waals surface area contributed by atoms with Crippen LogP contribution in [0.2, 0.25) is 0 Å². The van der Waals surface area contributed by atoms with Gasteiger partial charge in [-0.15, -0.1) is 0 Å². The van der Waals surface area contributed by atoms with E-state index in [1.165, 1.54) is 7.11 Å². The molecular formula is C16H15NO4. The van der Waals surface area contributed by atoms with Crippen LogP contribution < -0.4 is 4.90 Å². The molecule has 0 spiro atoms. The predicted molar refractivity (Wildman–Crippen MR) is 78.1 cm³/mol. The number of ether oxygens (including phenoxy) is 1. The summed E-state index contributed by atoms with van der Waals surface area (Å²) in [6.45, 7) is 0.306. The molecule has 1 amide bonds. The second-order valence-corrected chi connectivity index (χ2v) is 5.11. The fraction of sp³-hybridized carbons (Fsp3) is 0.250. The summed E-state index contributed by atoms with van der Waals surface area (Å²) in [7, 11) is 1.32. The Labute approximate surface area is 121 Å². The molecule has 3 rings (SSSR count). The first-order valence-corrected chi connectivity index (χ1v) is 6.70. The van der Waals surface area contributed by atoms with Gasteiger partial charge in [-0.05, 0) is 23.6 Å². The number of benzene rings is 2. The van der Waals surface area contributed by atoms with Crippen molar-refractivity contribution in [3.05, 3.63) is 36.4 Å². The van der Waals surface area contributed by atoms with Gasteiger partial charge < -0.3 is 14.7 Å². The third-order valence-electron chi connectivity index (χ3n) is 3.79. The SMILES string of the molecule is COC(=O)C1CC(=O)N(c2cccc3ccc(O)cc23)C1. The molecule has 1 aliphatic heterocycles. The second-order valence-electron chi connectivity index (χ2n) is 5.11. The van der Waals surface area contributed by atoms with Crippen LogP contribution >= 0.6 is 0 Å². The van der Waals surface area contributed by atoms with E-state index in [0.29, 0.717) is 12.2 Å². The van der Waals surface area contributed by atoms with Crippen LogP contribution in [0, 0.1) is 5.92 Å². The van der Waals surface area contributed by atoms with Gasteiger partial charge in [0.25, 0.3) is 0 Å². The largest absolute Gasteiger partial charge is 0.508 e. The van der Waals surface area contributed by atoms with Crippen molar-refractivity contribution >= 4 is 28.3 Å². The maximum atomic E-state index is 12.2. The Kier molecular flexibility index (Phi) is 3.25. The van der Waals surface area contributed by atoms with E-state index in [0.717, 1.165) is 10.8 Å². The summed E-state index contributed by atoms with van der Waals surface area (Å²) in [5.41, 5.74) is 0.708. The second kappa shape index (κ2) is 5.09. The topological polar surface area (TPSA) is 66.8 Å². The minimum atomic E-state index is -0.435. The van der Waals surface area contributed by atoms with Gasteiger partial charge in [-0.25, -0.2) is 0 Å². The number of carbonyl (C=O) groups excluding carboxylic acids is 2. The van der Waals surface area contributed by atoms with Crippen LogP contribution in [0.3, 0.4) is 0 Å². The lowest BCUT2D eigenvalue weighted by atomic mass is 10.1. The molecule has 2 aromatic carbocycles. The van der Waals surface area contributed by atoms with Gasteiger partial charge in [0.15, 0.2) is 0 Å². The van der Waals surface area contributed by atoms with Gasteiger partial charge in [0, 0.05) is 18.4 Å². The molecular weight excluding hydrogens is 270 g/mol. The molecule has 0 aromatic heterocycles. The maximum Gasteiger partial charge on any atom is 0.311 e. The number of phenolic OH excluding ortho intramolecular Hbond substituents is 1. The fourth-order valence-electron chi connectivity index (χ4n) is 2.74. The summed E-state index contributed by atoms with van der Waals surface area (Å²) < 4.78 is 4.72. The summed E-state index contributed by atoms with van der Waals surface area (Å²) in [6, 6.07) is 10.6. The first-order chi connectivity index (χ1) is 10.1. The van der Waals surface area contributed by atoms with Crippen LogP contribution in [0.1, 0.15) is 6.42 Å². The summed E-state index contributed by atoms with van der Waals surface area (Å²) in [5.74, 6) is -0.767. The van der Waals surface area contributed by atoms with Crippen molar-refractivity contribution in [2.24, 2.45) is 5.92 Å². The van der Waals surface area contributed by atoms with Crippen LogP contribution in [0.4, 0.5) is 5.69 Å². The lowest BCUT2D eigenvalue weighted by Gasteiger charge is -2.18. The Balaban J connectivity index is 2.03. The number of hydrogen-bond acceptors (Lipinski definition) is 4. The van der Waals surface area contributed by atoms with Crippen molar-refractivity contribution in [1.82, 2.24) is 0 Å².